The van der Waals surface area contributed by atoms with Crippen LogP contribution in [0.3, 0.4) is 0 Å². The van der Waals surface area contributed by atoms with E-state index >= 15 is 0 Å². The molecule has 10 heteroatoms. The largest absolute Gasteiger partial charge is 0.488 e. The number of aliphatic carboxylic acids is 1. The van der Waals surface area contributed by atoms with Crippen LogP contribution in [0.1, 0.15) is 83.5 Å². The van der Waals surface area contributed by atoms with Gasteiger partial charge in [-0.15, -0.1) is 0 Å². The molecule has 0 radical (unpaired) electrons. The third-order valence-electron chi connectivity index (χ3n) is 12.5. The van der Waals surface area contributed by atoms with Gasteiger partial charge in [0.2, 0.25) is 0 Å². The van der Waals surface area contributed by atoms with Gasteiger partial charge in [0, 0.05) is 61.2 Å². The summed E-state index contributed by atoms with van der Waals surface area (Å²) < 4.78 is 12.8. The molecule has 4 atom stereocenters. The molecule has 9 nitrogen and oxygen atoms in total. The topological polar surface area (TPSA) is 130 Å². The summed E-state index contributed by atoms with van der Waals surface area (Å²) in [6.07, 6.45) is 9.05. The summed E-state index contributed by atoms with van der Waals surface area (Å²) in [7, 11) is 0. The Bertz CT molecular complexity index is 2300. The van der Waals surface area contributed by atoms with Crippen molar-refractivity contribution in [3.05, 3.63) is 129 Å². The lowest BCUT2D eigenvalue weighted by Gasteiger charge is -2.25. The van der Waals surface area contributed by atoms with Crippen molar-refractivity contribution < 1.29 is 24.5 Å². The summed E-state index contributed by atoms with van der Waals surface area (Å²) in [6, 6.07) is 25.9. The van der Waals surface area contributed by atoms with Gasteiger partial charge in [0.05, 0.1) is 16.8 Å². The lowest BCUT2D eigenvalue weighted by molar-refractivity contribution is -0.138. The maximum atomic E-state index is 11.3. The van der Waals surface area contributed by atoms with E-state index in [9.17, 15) is 15.0 Å². The maximum absolute atomic E-state index is 11.3. The number of likely N-dealkylation sites (tertiary alicyclic amines) is 1. The number of nitrogens with zero attached hydrogens (tertiary/aromatic N) is 2. The summed E-state index contributed by atoms with van der Waals surface area (Å²) in [5.41, 5.74) is 19.3. The highest BCUT2D eigenvalue weighted by Crippen LogP contribution is 2.42. The molecule has 8 rings (SSSR count). The van der Waals surface area contributed by atoms with Gasteiger partial charge in [0.1, 0.15) is 24.7 Å². The fourth-order valence-corrected chi connectivity index (χ4v) is 9.60. The summed E-state index contributed by atoms with van der Waals surface area (Å²) in [5.74, 6) is 0.713. The molecule has 1 unspecified atom stereocenters. The Morgan fingerprint density at radius 3 is 2.48 bits per heavy atom. The average Bonchev–Trinajstić information content (AvgIpc) is 3.96. The number of rotatable bonds is 14. The predicted molar refractivity (Wildman–Crippen MR) is 229 cm³/mol. The number of hydrogen-bond acceptors (Lipinski definition) is 8. The van der Waals surface area contributed by atoms with Gasteiger partial charge < -0.3 is 30.7 Å². The van der Waals surface area contributed by atoms with Crippen molar-refractivity contribution in [2.75, 3.05) is 18.8 Å². The number of ether oxygens (including phenoxy) is 2. The molecule has 1 aliphatic heterocycles. The van der Waals surface area contributed by atoms with E-state index in [4.69, 9.17) is 26.8 Å². The minimum Gasteiger partial charge on any atom is -0.488 e. The van der Waals surface area contributed by atoms with Gasteiger partial charge >= 0.3 is 5.97 Å². The molecule has 1 saturated heterocycles. The molecule has 0 spiro atoms. The van der Waals surface area contributed by atoms with Crippen molar-refractivity contribution in [3.8, 4) is 33.8 Å². The quantitative estimate of drug-likeness (QED) is 0.0869. The van der Waals surface area contributed by atoms with E-state index in [1.54, 1.807) is 12.4 Å². The Kier molecular flexibility index (Phi) is 12.0. The Labute approximate surface area is 346 Å². The van der Waals surface area contributed by atoms with Gasteiger partial charge in [-0.25, -0.2) is 0 Å². The molecule has 2 heterocycles. The number of aliphatic hydroxyl groups is 1. The Balaban J connectivity index is 0.995. The van der Waals surface area contributed by atoms with Crippen LogP contribution in [0.25, 0.3) is 22.3 Å². The van der Waals surface area contributed by atoms with E-state index in [0.29, 0.717) is 41.4 Å². The molecule has 2 fully saturated rings. The molecule has 1 aromatic heterocycles. The van der Waals surface area contributed by atoms with E-state index in [1.165, 1.54) is 33.4 Å². The second kappa shape index (κ2) is 17.5. The number of aryl methyl sites for hydroxylation is 1. The first kappa shape index (κ1) is 39.9. The van der Waals surface area contributed by atoms with E-state index in [0.717, 1.165) is 79.4 Å². The normalized spacial score (nSPS) is 20.3. The van der Waals surface area contributed by atoms with Crippen LogP contribution >= 0.6 is 11.6 Å². The van der Waals surface area contributed by atoms with Gasteiger partial charge in [-0.1, -0.05) is 66.2 Å². The third kappa shape index (κ3) is 8.73. The number of nitrogen functional groups attached to an aromatic ring is 1. The molecule has 58 heavy (non-hydrogen) atoms. The number of carbonyl (C=O) groups is 1. The Morgan fingerprint density at radius 2 is 1.69 bits per heavy atom. The number of pyridine rings is 1. The fourth-order valence-electron chi connectivity index (χ4n) is 9.35. The van der Waals surface area contributed by atoms with Crippen molar-refractivity contribution in [2.24, 2.45) is 5.92 Å². The molecule has 5 aromatic rings. The number of hydrogen-bond donors (Lipinski definition) is 4. The first-order valence-electron chi connectivity index (χ1n) is 20.6. The van der Waals surface area contributed by atoms with Gasteiger partial charge in [-0.05, 0) is 127 Å². The average molecular weight is 801 g/mol. The van der Waals surface area contributed by atoms with Crippen LogP contribution in [0.4, 0.5) is 5.69 Å². The first-order valence-corrected chi connectivity index (χ1v) is 21.0. The summed E-state index contributed by atoms with van der Waals surface area (Å²) >= 11 is 6.89. The monoisotopic (exact) mass is 800 g/mol. The zero-order valence-electron chi connectivity index (χ0n) is 33.3. The van der Waals surface area contributed by atoms with Crippen molar-refractivity contribution in [2.45, 2.75) is 96.7 Å². The number of benzene rings is 4. The zero-order chi connectivity index (χ0) is 40.3. The van der Waals surface area contributed by atoms with Crippen molar-refractivity contribution >= 4 is 23.3 Å². The number of aliphatic hydroxyl groups excluding tert-OH is 1. The van der Waals surface area contributed by atoms with Gasteiger partial charge in [0.25, 0.3) is 0 Å². The highest BCUT2D eigenvalue weighted by atomic mass is 35.5. The van der Waals surface area contributed by atoms with E-state index < -0.39 is 5.97 Å². The molecule has 5 N–H and O–H groups in total. The Hall–Kier alpha value is -4.93. The summed E-state index contributed by atoms with van der Waals surface area (Å²) in [4.78, 5) is 18.0. The Morgan fingerprint density at radius 1 is 0.897 bits per heavy atom. The number of nitrogens with two attached hydrogens (primary N) is 1. The van der Waals surface area contributed by atoms with Crippen LogP contribution in [-0.4, -0.2) is 51.3 Å². The van der Waals surface area contributed by atoms with Crippen molar-refractivity contribution in [1.29, 1.82) is 0 Å². The molecule has 0 amide bonds. The van der Waals surface area contributed by atoms with Gasteiger partial charge in [-0.2, -0.15) is 0 Å². The van der Waals surface area contributed by atoms with Crippen LogP contribution in [0.2, 0.25) is 5.02 Å². The highest BCUT2D eigenvalue weighted by Gasteiger charge is 2.34. The molecule has 4 aromatic carbocycles. The van der Waals surface area contributed by atoms with Crippen LogP contribution in [0.15, 0.2) is 85.2 Å². The standard InChI is InChI=1S/C48H53ClN4O5/c1-29-35(28-58-47-22-46(57-27-32-18-37(50)25-51-23-32)36(21-42(47)49)24-52-43-10-5-11-45(43)54)6-3-8-39(29)40-9-4-7-38(30(40)2)33-12-14-41-34(20-33)13-15-44(41)53-17-16-31(26-53)19-48(55)56/h3-4,6-9,12,14,18,20-23,25,31,43-45,52,54H,5,10-11,13,15-17,19,24,26-28,50H2,1-2H3,(H,55,56)/t31-,43-,44?,45+/m1/s1. The minimum absolute atomic E-state index is 0.0315. The number of fused-ring (bicyclic) bond motifs is 1. The van der Waals surface area contributed by atoms with Crippen molar-refractivity contribution in [1.82, 2.24) is 15.2 Å². The first-order chi connectivity index (χ1) is 28.1. The third-order valence-corrected chi connectivity index (χ3v) is 12.8. The molecular weight excluding hydrogens is 748 g/mol. The predicted octanol–water partition coefficient (Wildman–Crippen LogP) is 9.21. The summed E-state index contributed by atoms with van der Waals surface area (Å²) in [6.45, 7) is 7.29. The van der Waals surface area contributed by atoms with Crippen molar-refractivity contribution in [3.63, 3.8) is 0 Å². The number of carboxylic acid groups (broad SMARTS) is 1. The van der Waals surface area contributed by atoms with Gasteiger partial charge in [-0.3, -0.25) is 14.7 Å². The zero-order valence-corrected chi connectivity index (χ0v) is 34.1. The maximum Gasteiger partial charge on any atom is 0.303 e. The van der Waals surface area contributed by atoms with Crippen LogP contribution in [0.5, 0.6) is 11.5 Å². The molecular formula is C48H53ClN4O5. The SMILES string of the molecule is Cc1c(COc2cc(OCc3cncc(N)c3)c(CN[C@@H]3CCC[C@@H]3O)cc2Cl)cccc1-c1cccc(-c2ccc3c(c2)CCC3N2CC[C@H](CC(=O)O)C2)c1C. The lowest BCUT2D eigenvalue weighted by Crippen LogP contribution is -2.35. The molecule has 302 valence electrons. The number of aromatic nitrogens is 1. The smallest absolute Gasteiger partial charge is 0.303 e. The second-order valence-electron chi connectivity index (χ2n) is 16.4. The molecule has 1 saturated carbocycles. The highest BCUT2D eigenvalue weighted by molar-refractivity contribution is 6.32. The molecule has 0 bridgehead atoms. The molecule has 3 aliphatic rings. The van der Waals surface area contributed by atoms with E-state index in [1.807, 2.05) is 18.2 Å². The lowest BCUT2D eigenvalue weighted by atomic mass is 9.89. The number of nitrogens with one attached hydrogen (secondary N) is 1. The van der Waals surface area contributed by atoms with E-state index in [2.05, 4.69) is 83.6 Å². The van der Waals surface area contributed by atoms with Crippen LogP contribution in [-0.2, 0) is 31.0 Å². The summed E-state index contributed by atoms with van der Waals surface area (Å²) in [5, 5.41) is 23.7. The number of anilines is 1. The minimum atomic E-state index is -0.696. The van der Waals surface area contributed by atoms with Crippen LogP contribution < -0.4 is 20.5 Å². The van der Waals surface area contributed by atoms with E-state index in [-0.39, 0.29) is 31.1 Å². The molecule has 2 aliphatic carbocycles. The van der Waals surface area contributed by atoms with Gasteiger partial charge in [0.15, 0.2) is 0 Å². The number of halogens is 1. The number of carboxylic acids is 1. The fraction of sp³-hybridized carbons (Fsp3) is 0.375. The van der Waals surface area contributed by atoms with Crippen LogP contribution in [0, 0.1) is 19.8 Å². The second-order valence-corrected chi connectivity index (χ2v) is 16.8.